The zero-order valence-corrected chi connectivity index (χ0v) is 18.9. The predicted molar refractivity (Wildman–Crippen MR) is 127 cm³/mol. The van der Waals surface area contributed by atoms with Gasteiger partial charge >= 0.3 is 0 Å². The summed E-state index contributed by atoms with van der Waals surface area (Å²) >= 11 is 0. The van der Waals surface area contributed by atoms with Crippen molar-refractivity contribution < 1.29 is 17.9 Å². The van der Waals surface area contributed by atoms with Gasteiger partial charge in [-0.2, -0.15) is 0 Å². The zero-order chi connectivity index (χ0) is 22.7. The van der Waals surface area contributed by atoms with Crippen molar-refractivity contribution in [2.45, 2.75) is 31.1 Å². The number of carbonyl (C=O) groups is 1. The zero-order valence-electron chi connectivity index (χ0n) is 18.1. The van der Waals surface area contributed by atoms with Gasteiger partial charge in [0.1, 0.15) is 12.0 Å². The molecule has 0 aliphatic carbocycles. The SMILES string of the molecule is CCCc1ccc(CC=O)c(-c2cc3cc(OC)ccc3n2S(=O)(=O)c2ccccc2)c1. The van der Waals surface area contributed by atoms with E-state index in [0.29, 0.717) is 17.0 Å². The van der Waals surface area contributed by atoms with Gasteiger partial charge in [-0.05, 0) is 60.0 Å². The molecule has 0 amide bonds. The number of hydrogen-bond donors (Lipinski definition) is 0. The Kier molecular flexibility index (Phi) is 6.15. The van der Waals surface area contributed by atoms with E-state index in [-0.39, 0.29) is 11.3 Å². The quantitative estimate of drug-likeness (QED) is 0.346. The number of nitrogens with zero attached hydrogens (tertiary/aromatic N) is 1. The van der Waals surface area contributed by atoms with Crippen molar-refractivity contribution in [2.75, 3.05) is 7.11 Å². The normalized spacial score (nSPS) is 11.6. The Morgan fingerprint density at radius 3 is 2.44 bits per heavy atom. The second-order valence-corrected chi connectivity index (χ2v) is 9.44. The Balaban J connectivity index is 2.07. The fourth-order valence-electron chi connectivity index (χ4n) is 4.01. The number of aryl methyl sites for hydroxylation is 1. The lowest BCUT2D eigenvalue weighted by Gasteiger charge is -2.15. The minimum absolute atomic E-state index is 0.205. The lowest BCUT2D eigenvalue weighted by atomic mass is 9.97. The summed E-state index contributed by atoms with van der Waals surface area (Å²) in [4.78, 5) is 11.6. The summed E-state index contributed by atoms with van der Waals surface area (Å²) in [6.45, 7) is 2.10. The Labute approximate surface area is 188 Å². The second kappa shape index (κ2) is 9.01. The molecule has 0 radical (unpaired) electrons. The van der Waals surface area contributed by atoms with Gasteiger partial charge in [-0.25, -0.2) is 12.4 Å². The van der Waals surface area contributed by atoms with Crippen molar-refractivity contribution >= 4 is 27.2 Å². The number of fused-ring (bicyclic) bond motifs is 1. The lowest BCUT2D eigenvalue weighted by molar-refractivity contribution is -0.107. The Morgan fingerprint density at radius 2 is 1.75 bits per heavy atom. The number of ether oxygens (including phenoxy) is 1. The predicted octanol–water partition coefficient (Wildman–Crippen LogP) is 5.25. The van der Waals surface area contributed by atoms with Crippen molar-refractivity contribution in [1.82, 2.24) is 3.97 Å². The van der Waals surface area contributed by atoms with E-state index in [4.69, 9.17) is 4.74 Å². The standard InChI is InChI=1S/C26H25NO4S/c1-3-7-19-10-11-20(14-15-28)24(16-19)26-18-21-17-22(31-2)12-13-25(21)27(26)32(29,30)23-8-5-4-6-9-23/h4-6,8-13,15-18H,3,7,14H2,1-2H3. The molecule has 0 bridgehead atoms. The smallest absolute Gasteiger partial charge is 0.268 e. The van der Waals surface area contributed by atoms with Crippen LogP contribution in [0.5, 0.6) is 5.75 Å². The van der Waals surface area contributed by atoms with E-state index in [2.05, 4.69) is 6.92 Å². The first-order valence-corrected chi connectivity index (χ1v) is 12.0. The maximum Gasteiger partial charge on any atom is 0.268 e. The van der Waals surface area contributed by atoms with Gasteiger partial charge in [0, 0.05) is 17.4 Å². The summed E-state index contributed by atoms with van der Waals surface area (Å²) in [6.07, 6.45) is 2.89. The molecule has 0 aliphatic rings. The van der Waals surface area contributed by atoms with Crippen molar-refractivity contribution in [3.05, 3.63) is 83.9 Å². The average molecular weight is 448 g/mol. The van der Waals surface area contributed by atoms with Crippen molar-refractivity contribution in [1.29, 1.82) is 0 Å². The fourth-order valence-corrected chi connectivity index (χ4v) is 5.56. The van der Waals surface area contributed by atoms with Gasteiger partial charge in [-0.1, -0.05) is 43.7 Å². The minimum atomic E-state index is -3.89. The van der Waals surface area contributed by atoms with Gasteiger partial charge in [-0.3, -0.25) is 0 Å². The number of rotatable bonds is 8. The molecule has 6 heteroatoms. The third kappa shape index (κ3) is 3.94. The summed E-state index contributed by atoms with van der Waals surface area (Å²) in [5.41, 5.74) is 3.73. The van der Waals surface area contributed by atoms with E-state index >= 15 is 0 Å². The van der Waals surface area contributed by atoms with Gasteiger partial charge < -0.3 is 9.53 Å². The van der Waals surface area contributed by atoms with Crippen LogP contribution in [0.25, 0.3) is 22.2 Å². The first-order valence-electron chi connectivity index (χ1n) is 10.6. The van der Waals surface area contributed by atoms with Crippen LogP contribution in [0.4, 0.5) is 0 Å². The largest absolute Gasteiger partial charge is 0.497 e. The van der Waals surface area contributed by atoms with Crippen LogP contribution < -0.4 is 4.74 Å². The number of hydrogen-bond acceptors (Lipinski definition) is 4. The fraction of sp³-hybridized carbons (Fsp3) is 0.192. The molecule has 164 valence electrons. The van der Waals surface area contributed by atoms with Crippen molar-refractivity contribution in [3.63, 3.8) is 0 Å². The highest BCUT2D eigenvalue weighted by Gasteiger charge is 2.25. The molecule has 4 rings (SSSR count). The summed E-state index contributed by atoms with van der Waals surface area (Å²) in [5, 5.41) is 0.747. The third-order valence-electron chi connectivity index (χ3n) is 5.54. The van der Waals surface area contributed by atoms with Gasteiger partial charge in [0.25, 0.3) is 10.0 Å². The molecule has 0 unspecified atom stereocenters. The molecule has 1 heterocycles. The monoisotopic (exact) mass is 447 g/mol. The van der Waals surface area contributed by atoms with E-state index in [1.807, 2.05) is 30.3 Å². The summed E-state index contributed by atoms with van der Waals surface area (Å²) in [5.74, 6) is 0.645. The van der Waals surface area contributed by atoms with Crippen LogP contribution >= 0.6 is 0 Å². The molecule has 0 saturated heterocycles. The van der Waals surface area contributed by atoms with Gasteiger partial charge in [-0.15, -0.1) is 0 Å². The van der Waals surface area contributed by atoms with Gasteiger partial charge in [0.05, 0.1) is 23.2 Å². The van der Waals surface area contributed by atoms with Crippen LogP contribution in [0.15, 0.2) is 77.7 Å². The van der Waals surface area contributed by atoms with Crippen molar-refractivity contribution in [2.24, 2.45) is 0 Å². The van der Waals surface area contributed by atoms with Gasteiger partial charge in [0.15, 0.2) is 0 Å². The number of benzene rings is 3. The lowest BCUT2D eigenvalue weighted by Crippen LogP contribution is -2.14. The first-order chi connectivity index (χ1) is 15.5. The van der Waals surface area contributed by atoms with E-state index in [0.717, 1.165) is 41.2 Å². The highest BCUT2D eigenvalue weighted by molar-refractivity contribution is 7.90. The molecule has 3 aromatic carbocycles. The topological polar surface area (TPSA) is 65.4 Å². The molecule has 0 aliphatic heterocycles. The molecule has 4 aromatic rings. The third-order valence-corrected chi connectivity index (χ3v) is 7.28. The number of carbonyl (C=O) groups excluding carboxylic acids is 1. The van der Waals surface area contributed by atoms with Crippen LogP contribution in [-0.4, -0.2) is 25.8 Å². The maximum atomic E-state index is 13.8. The molecule has 5 nitrogen and oxygen atoms in total. The molecule has 0 atom stereocenters. The summed E-state index contributed by atoms with van der Waals surface area (Å²) < 4.78 is 34.3. The highest BCUT2D eigenvalue weighted by Crippen LogP contribution is 2.36. The summed E-state index contributed by atoms with van der Waals surface area (Å²) in [7, 11) is -2.31. The number of aldehydes is 1. The minimum Gasteiger partial charge on any atom is -0.497 e. The van der Waals surface area contributed by atoms with Gasteiger partial charge in [0.2, 0.25) is 0 Å². The molecule has 1 aromatic heterocycles. The van der Waals surface area contributed by atoms with Crippen LogP contribution in [0.3, 0.4) is 0 Å². The molecular weight excluding hydrogens is 422 g/mol. The molecule has 0 N–H and O–H groups in total. The Morgan fingerprint density at radius 1 is 0.969 bits per heavy atom. The average Bonchev–Trinajstić information content (AvgIpc) is 3.20. The van der Waals surface area contributed by atoms with Crippen LogP contribution in [0.1, 0.15) is 24.5 Å². The number of methoxy groups -OCH3 is 1. The van der Waals surface area contributed by atoms with E-state index in [9.17, 15) is 13.2 Å². The highest BCUT2D eigenvalue weighted by atomic mass is 32.2. The second-order valence-electron chi connectivity index (χ2n) is 7.65. The van der Waals surface area contributed by atoms with Crippen LogP contribution in [-0.2, 0) is 27.7 Å². The van der Waals surface area contributed by atoms with Crippen LogP contribution in [0, 0.1) is 0 Å². The molecule has 0 spiro atoms. The van der Waals surface area contributed by atoms with E-state index in [1.54, 1.807) is 49.6 Å². The Hall–Kier alpha value is -3.38. The van der Waals surface area contributed by atoms with E-state index < -0.39 is 10.0 Å². The summed E-state index contributed by atoms with van der Waals surface area (Å²) in [6, 6.07) is 21.5. The molecule has 32 heavy (non-hydrogen) atoms. The maximum absolute atomic E-state index is 13.8. The Bertz CT molecular complexity index is 1370. The molecule has 0 saturated carbocycles. The molecular formula is C26H25NO4S. The molecule has 0 fully saturated rings. The van der Waals surface area contributed by atoms with Crippen molar-refractivity contribution in [3.8, 4) is 17.0 Å². The van der Waals surface area contributed by atoms with Crippen LogP contribution in [0.2, 0.25) is 0 Å². The first kappa shape index (κ1) is 21.8. The number of aromatic nitrogens is 1. The van der Waals surface area contributed by atoms with E-state index in [1.165, 1.54) is 3.97 Å².